The average Bonchev–Trinajstić information content (AvgIpc) is 2.48. The van der Waals surface area contributed by atoms with Crippen molar-refractivity contribution in [2.75, 3.05) is 19.0 Å². The number of amides is 2. The fourth-order valence-electron chi connectivity index (χ4n) is 1.73. The van der Waals surface area contributed by atoms with Crippen LogP contribution in [0.25, 0.3) is 5.70 Å². The number of ether oxygens (including phenoxy) is 1. The van der Waals surface area contributed by atoms with Crippen molar-refractivity contribution in [3.05, 3.63) is 30.1 Å². The van der Waals surface area contributed by atoms with E-state index in [1.54, 1.807) is 19.4 Å². The minimum absolute atomic E-state index is 0.265. The maximum absolute atomic E-state index is 11.9. The van der Waals surface area contributed by atoms with Gasteiger partial charge < -0.3 is 15.4 Å². The maximum atomic E-state index is 11.9. The number of nitrogens with one attached hydrogen (secondary N) is 2. The molecular weight excluding hydrogens is 280 g/mol. The maximum Gasteiger partial charge on any atom is 0.319 e. The van der Waals surface area contributed by atoms with Gasteiger partial charge in [-0.15, -0.1) is 0 Å². The monoisotopic (exact) mass is 304 g/mol. The first-order valence-corrected chi connectivity index (χ1v) is 7.01. The molecular formula is C16H24N4O2. The van der Waals surface area contributed by atoms with Gasteiger partial charge >= 0.3 is 6.03 Å². The van der Waals surface area contributed by atoms with Crippen LogP contribution >= 0.6 is 0 Å². The standard InChI is InChI=1S/C16H24N4O2/c1-11(17-5)14-9-13(10-19-12(14)2)20-15(21)18-8-7-16(3,4)22-6/h9-10H,1,5,7-8H2,2-4,6H3,(H2,18,20,21). The first-order valence-electron chi connectivity index (χ1n) is 7.01. The van der Waals surface area contributed by atoms with Gasteiger partial charge in [0.25, 0.3) is 0 Å². The number of aliphatic imine (C=N–C) groups is 1. The largest absolute Gasteiger partial charge is 0.379 e. The molecule has 6 nitrogen and oxygen atoms in total. The number of anilines is 1. The zero-order valence-corrected chi connectivity index (χ0v) is 13.7. The van der Waals surface area contributed by atoms with E-state index in [4.69, 9.17) is 4.74 Å². The summed E-state index contributed by atoms with van der Waals surface area (Å²) in [6.07, 6.45) is 2.30. The Kier molecular flexibility index (Phi) is 6.24. The normalized spacial score (nSPS) is 10.9. The highest BCUT2D eigenvalue weighted by atomic mass is 16.5. The van der Waals surface area contributed by atoms with Crippen LogP contribution in [0.3, 0.4) is 0 Å². The number of rotatable bonds is 7. The lowest BCUT2D eigenvalue weighted by Crippen LogP contribution is -2.34. The number of carbonyl (C=O) groups is 1. The van der Waals surface area contributed by atoms with Crippen LogP contribution in [-0.2, 0) is 4.74 Å². The first-order chi connectivity index (χ1) is 10.3. The molecule has 2 N–H and O–H groups in total. The van der Waals surface area contributed by atoms with Crippen LogP contribution < -0.4 is 10.6 Å². The molecule has 0 unspecified atom stereocenters. The van der Waals surface area contributed by atoms with Gasteiger partial charge in [0.2, 0.25) is 0 Å². The molecule has 0 aliphatic heterocycles. The molecule has 22 heavy (non-hydrogen) atoms. The average molecular weight is 304 g/mol. The van der Waals surface area contributed by atoms with Crippen molar-refractivity contribution in [1.82, 2.24) is 10.3 Å². The summed E-state index contributed by atoms with van der Waals surface area (Å²) in [5, 5.41) is 5.52. The van der Waals surface area contributed by atoms with Crippen LogP contribution in [0.2, 0.25) is 0 Å². The minimum Gasteiger partial charge on any atom is -0.379 e. The Hall–Kier alpha value is -2.21. The number of urea groups is 1. The molecule has 0 aliphatic carbocycles. The van der Waals surface area contributed by atoms with Crippen LogP contribution in [0.4, 0.5) is 10.5 Å². The smallest absolute Gasteiger partial charge is 0.319 e. The van der Waals surface area contributed by atoms with E-state index in [0.717, 1.165) is 11.3 Å². The summed E-state index contributed by atoms with van der Waals surface area (Å²) < 4.78 is 5.30. The van der Waals surface area contributed by atoms with E-state index in [2.05, 4.69) is 33.9 Å². The summed E-state index contributed by atoms with van der Waals surface area (Å²) in [6.45, 7) is 13.6. The topological polar surface area (TPSA) is 75.6 Å². The lowest BCUT2D eigenvalue weighted by atomic mass is 10.1. The molecule has 0 fully saturated rings. The molecule has 1 heterocycles. The molecule has 0 bridgehead atoms. The molecule has 0 saturated heterocycles. The lowest BCUT2D eigenvalue weighted by Gasteiger charge is -2.22. The molecule has 0 radical (unpaired) electrons. The third-order valence-corrected chi connectivity index (χ3v) is 3.41. The summed E-state index contributed by atoms with van der Waals surface area (Å²) in [5.41, 5.74) is 2.38. The van der Waals surface area contributed by atoms with Gasteiger partial charge in [0.05, 0.1) is 23.2 Å². The Morgan fingerprint density at radius 1 is 1.50 bits per heavy atom. The Bertz CT molecular complexity index is 567. The second-order valence-corrected chi connectivity index (χ2v) is 5.56. The number of aryl methyl sites for hydroxylation is 1. The van der Waals surface area contributed by atoms with Crippen LogP contribution in [0.15, 0.2) is 23.8 Å². The number of methoxy groups -OCH3 is 1. The lowest BCUT2D eigenvalue weighted by molar-refractivity contribution is 0.0165. The number of aromatic nitrogens is 1. The van der Waals surface area contributed by atoms with Crippen molar-refractivity contribution >= 4 is 24.1 Å². The number of hydrogen-bond donors (Lipinski definition) is 2. The zero-order chi connectivity index (χ0) is 16.8. The second kappa shape index (κ2) is 7.70. The molecule has 1 aromatic heterocycles. The first kappa shape index (κ1) is 17.8. The number of carbonyl (C=O) groups excluding carboxylic acids is 1. The molecule has 120 valence electrons. The number of nitrogens with zero attached hydrogens (tertiary/aromatic N) is 2. The molecule has 1 rings (SSSR count). The van der Waals surface area contributed by atoms with Crippen LogP contribution in [0.5, 0.6) is 0 Å². The fraction of sp³-hybridized carbons (Fsp3) is 0.438. The fourth-order valence-corrected chi connectivity index (χ4v) is 1.73. The summed E-state index contributed by atoms with van der Waals surface area (Å²) in [6, 6.07) is 1.48. The van der Waals surface area contributed by atoms with Crippen molar-refractivity contribution in [3.8, 4) is 0 Å². The van der Waals surface area contributed by atoms with Crippen molar-refractivity contribution in [3.63, 3.8) is 0 Å². The third-order valence-electron chi connectivity index (χ3n) is 3.41. The Balaban J connectivity index is 2.62. The summed E-state index contributed by atoms with van der Waals surface area (Å²) in [5.74, 6) is 0. The van der Waals surface area contributed by atoms with Gasteiger partial charge in [-0.2, -0.15) is 0 Å². The summed E-state index contributed by atoms with van der Waals surface area (Å²) in [7, 11) is 1.65. The molecule has 6 heteroatoms. The van der Waals surface area contributed by atoms with Gasteiger partial charge in [-0.25, -0.2) is 4.79 Å². The van der Waals surface area contributed by atoms with Gasteiger partial charge in [-0.05, 0) is 40.0 Å². The molecule has 2 amide bonds. The third kappa shape index (κ3) is 5.29. The highest BCUT2D eigenvalue weighted by Crippen LogP contribution is 2.20. The Labute approximate surface area is 131 Å². The molecule has 1 aromatic rings. The van der Waals surface area contributed by atoms with E-state index in [9.17, 15) is 4.79 Å². The Morgan fingerprint density at radius 3 is 2.77 bits per heavy atom. The predicted molar refractivity (Wildman–Crippen MR) is 90.3 cm³/mol. The van der Waals surface area contributed by atoms with E-state index in [1.165, 1.54) is 0 Å². The summed E-state index contributed by atoms with van der Waals surface area (Å²) in [4.78, 5) is 19.9. The van der Waals surface area contributed by atoms with Crippen molar-refractivity contribution in [2.24, 2.45) is 4.99 Å². The SMILES string of the molecule is C=NC(=C)c1cc(NC(=O)NCCC(C)(C)OC)cnc1C. The Morgan fingerprint density at radius 2 is 2.18 bits per heavy atom. The molecule has 0 aromatic carbocycles. The number of pyridine rings is 1. The van der Waals surface area contributed by atoms with Crippen molar-refractivity contribution in [1.29, 1.82) is 0 Å². The quantitative estimate of drug-likeness (QED) is 0.760. The zero-order valence-electron chi connectivity index (χ0n) is 13.7. The van der Waals surface area contributed by atoms with Crippen LogP contribution in [-0.4, -0.2) is 37.0 Å². The van der Waals surface area contributed by atoms with Gasteiger partial charge in [0, 0.05) is 24.9 Å². The van der Waals surface area contributed by atoms with Gasteiger partial charge in [0.15, 0.2) is 0 Å². The van der Waals surface area contributed by atoms with Crippen molar-refractivity contribution < 1.29 is 9.53 Å². The minimum atomic E-state index is -0.291. The van der Waals surface area contributed by atoms with Gasteiger partial charge in [-0.3, -0.25) is 9.98 Å². The van der Waals surface area contributed by atoms with E-state index in [-0.39, 0.29) is 11.6 Å². The van der Waals surface area contributed by atoms with Crippen LogP contribution in [0.1, 0.15) is 31.5 Å². The van der Waals surface area contributed by atoms with E-state index in [0.29, 0.717) is 24.4 Å². The van der Waals surface area contributed by atoms with Crippen LogP contribution in [0, 0.1) is 6.92 Å². The highest BCUT2D eigenvalue weighted by molar-refractivity contribution is 5.89. The van der Waals surface area contributed by atoms with Gasteiger partial charge in [-0.1, -0.05) is 6.58 Å². The molecule has 0 atom stereocenters. The second-order valence-electron chi connectivity index (χ2n) is 5.56. The summed E-state index contributed by atoms with van der Waals surface area (Å²) >= 11 is 0. The molecule has 0 aliphatic rings. The molecule has 0 spiro atoms. The number of hydrogen-bond acceptors (Lipinski definition) is 4. The van der Waals surface area contributed by atoms with Gasteiger partial charge in [0.1, 0.15) is 0 Å². The van der Waals surface area contributed by atoms with Crippen molar-refractivity contribution in [2.45, 2.75) is 32.8 Å². The predicted octanol–water partition coefficient (Wildman–Crippen LogP) is 3.00. The highest BCUT2D eigenvalue weighted by Gasteiger charge is 2.16. The van der Waals surface area contributed by atoms with E-state index in [1.807, 2.05) is 20.8 Å². The molecule has 0 saturated carbocycles. The van der Waals surface area contributed by atoms with E-state index >= 15 is 0 Å². The van der Waals surface area contributed by atoms with E-state index < -0.39 is 0 Å².